The van der Waals surface area contributed by atoms with Crippen molar-refractivity contribution < 1.29 is 4.79 Å². The van der Waals surface area contributed by atoms with Crippen LogP contribution >= 0.6 is 11.3 Å². The Morgan fingerprint density at radius 1 is 1.18 bits per heavy atom. The van der Waals surface area contributed by atoms with Gasteiger partial charge in [0.1, 0.15) is 0 Å². The van der Waals surface area contributed by atoms with Gasteiger partial charge in [-0.3, -0.25) is 4.79 Å². The summed E-state index contributed by atoms with van der Waals surface area (Å²) >= 11 is 1.66. The van der Waals surface area contributed by atoms with E-state index in [0.717, 1.165) is 35.1 Å². The lowest BCUT2D eigenvalue weighted by molar-refractivity contribution is 0.103. The Bertz CT molecular complexity index is 592. The summed E-state index contributed by atoms with van der Waals surface area (Å²) in [4.78, 5) is 12.5. The maximum atomic E-state index is 12.5. The largest absolute Gasteiger partial charge is 0.289 e. The maximum Gasteiger partial charge on any atom is 0.190 e. The quantitative estimate of drug-likeness (QED) is 0.704. The van der Waals surface area contributed by atoms with E-state index in [9.17, 15) is 4.79 Å². The summed E-state index contributed by atoms with van der Waals surface area (Å²) in [5.41, 5.74) is 1.89. The first kappa shape index (κ1) is 10.7. The van der Waals surface area contributed by atoms with E-state index < -0.39 is 0 Å². The van der Waals surface area contributed by atoms with Gasteiger partial charge in [-0.1, -0.05) is 18.2 Å². The summed E-state index contributed by atoms with van der Waals surface area (Å²) in [5.74, 6) is 0.234. The predicted molar refractivity (Wildman–Crippen MR) is 72.7 cm³/mol. The third-order valence-corrected chi connectivity index (χ3v) is 4.27. The zero-order chi connectivity index (χ0) is 11.7. The average molecular weight is 242 g/mol. The Morgan fingerprint density at radius 2 is 2.12 bits per heavy atom. The van der Waals surface area contributed by atoms with E-state index in [1.807, 2.05) is 12.1 Å². The number of benzene rings is 1. The molecule has 0 atom stereocenters. The highest BCUT2D eigenvalue weighted by atomic mass is 32.1. The van der Waals surface area contributed by atoms with Gasteiger partial charge in [0.25, 0.3) is 0 Å². The van der Waals surface area contributed by atoms with Crippen LogP contribution in [0.4, 0.5) is 0 Å². The van der Waals surface area contributed by atoms with Gasteiger partial charge < -0.3 is 0 Å². The van der Waals surface area contributed by atoms with Crippen LogP contribution in [0.1, 0.15) is 36.0 Å². The summed E-state index contributed by atoms with van der Waals surface area (Å²) in [5, 5.41) is 3.23. The van der Waals surface area contributed by atoms with Gasteiger partial charge in [0.2, 0.25) is 0 Å². The van der Waals surface area contributed by atoms with Crippen molar-refractivity contribution in [1.82, 2.24) is 0 Å². The molecule has 0 bridgehead atoms. The van der Waals surface area contributed by atoms with Crippen LogP contribution in [0.2, 0.25) is 0 Å². The standard InChI is InChI=1S/C15H14OS/c16-14(11-5-2-1-3-6-11)13-8-4-7-12-9-10-17-15(12)13/h4-5,7-10H,1-3,6H2. The van der Waals surface area contributed by atoms with Crippen LogP contribution in [-0.4, -0.2) is 5.78 Å². The second-order valence-corrected chi connectivity index (χ2v) is 5.36. The number of Topliss-reactive ketones (excluding diaryl/α,β-unsaturated/α-hetero) is 1. The molecular formula is C15H14OS. The molecule has 1 heterocycles. The molecule has 0 saturated heterocycles. The van der Waals surface area contributed by atoms with E-state index >= 15 is 0 Å². The highest BCUT2D eigenvalue weighted by Crippen LogP contribution is 2.29. The van der Waals surface area contributed by atoms with Gasteiger partial charge in [-0.25, -0.2) is 0 Å². The second kappa shape index (κ2) is 4.46. The van der Waals surface area contributed by atoms with E-state index in [1.165, 1.54) is 11.8 Å². The van der Waals surface area contributed by atoms with E-state index in [2.05, 4.69) is 23.6 Å². The fourth-order valence-corrected chi connectivity index (χ4v) is 3.30. The topological polar surface area (TPSA) is 17.1 Å². The Balaban J connectivity index is 2.06. The van der Waals surface area contributed by atoms with Crippen LogP contribution in [0.15, 0.2) is 41.3 Å². The zero-order valence-corrected chi connectivity index (χ0v) is 10.4. The minimum atomic E-state index is 0.234. The number of fused-ring (bicyclic) bond motifs is 1. The SMILES string of the molecule is O=C(C1=CCCCC1)c1cccc2ccsc12. The number of hydrogen-bond acceptors (Lipinski definition) is 2. The smallest absolute Gasteiger partial charge is 0.190 e. The highest BCUT2D eigenvalue weighted by Gasteiger charge is 2.16. The first-order valence-corrected chi connectivity index (χ1v) is 6.94. The Hall–Kier alpha value is -1.41. The lowest BCUT2D eigenvalue weighted by Gasteiger charge is -2.11. The van der Waals surface area contributed by atoms with Gasteiger partial charge in [-0.2, -0.15) is 0 Å². The monoisotopic (exact) mass is 242 g/mol. The predicted octanol–water partition coefficient (Wildman–Crippen LogP) is 4.58. The fraction of sp³-hybridized carbons (Fsp3) is 0.267. The van der Waals surface area contributed by atoms with Crippen LogP contribution in [0, 0.1) is 0 Å². The van der Waals surface area contributed by atoms with Gasteiger partial charge in [0.15, 0.2) is 5.78 Å². The van der Waals surface area contributed by atoms with Crippen molar-refractivity contribution in [3.8, 4) is 0 Å². The summed E-state index contributed by atoms with van der Waals surface area (Å²) in [6, 6.07) is 8.08. The molecule has 17 heavy (non-hydrogen) atoms. The van der Waals surface area contributed by atoms with E-state index in [4.69, 9.17) is 0 Å². The molecule has 3 rings (SSSR count). The van der Waals surface area contributed by atoms with Crippen LogP contribution in [-0.2, 0) is 0 Å². The molecule has 1 aliphatic rings. The normalized spacial score (nSPS) is 15.9. The second-order valence-electron chi connectivity index (χ2n) is 4.45. The first-order chi connectivity index (χ1) is 8.36. The van der Waals surface area contributed by atoms with Crippen LogP contribution in [0.5, 0.6) is 0 Å². The van der Waals surface area contributed by atoms with Gasteiger partial charge in [0, 0.05) is 10.3 Å². The van der Waals surface area contributed by atoms with E-state index in [-0.39, 0.29) is 5.78 Å². The van der Waals surface area contributed by atoms with Crippen molar-refractivity contribution in [1.29, 1.82) is 0 Å². The molecule has 0 amide bonds. The molecule has 0 saturated carbocycles. The number of carbonyl (C=O) groups is 1. The summed E-state index contributed by atoms with van der Waals surface area (Å²) in [6.07, 6.45) is 6.50. The summed E-state index contributed by atoms with van der Waals surface area (Å²) in [6.45, 7) is 0. The van der Waals surface area contributed by atoms with Gasteiger partial charge >= 0.3 is 0 Å². The third-order valence-electron chi connectivity index (χ3n) is 3.31. The Labute approximate surface area is 105 Å². The lowest BCUT2D eigenvalue weighted by Crippen LogP contribution is -2.06. The average Bonchev–Trinajstić information content (AvgIpc) is 2.87. The zero-order valence-electron chi connectivity index (χ0n) is 9.61. The van der Waals surface area contributed by atoms with Crippen molar-refractivity contribution in [2.75, 3.05) is 0 Å². The van der Waals surface area contributed by atoms with Crippen molar-refractivity contribution in [2.45, 2.75) is 25.7 Å². The molecule has 0 N–H and O–H groups in total. The van der Waals surface area contributed by atoms with Crippen molar-refractivity contribution in [3.63, 3.8) is 0 Å². The molecular weight excluding hydrogens is 228 g/mol. The van der Waals surface area contributed by atoms with Crippen molar-refractivity contribution >= 4 is 27.2 Å². The first-order valence-electron chi connectivity index (χ1n) is 6.06. The van der Waals surface area contributed by atoms with Gasteiger partial charge in [-0.15, -0.1) is 11.3 Å². The molecule has 0 aliphatic heterocycles. The van der Waals surface area contributed by atoms with Crippen molar-refractivity contribution in [2.24, 2.45) is 0 Å². The fourth-order valence-electron chi connectivity index (χ4n) is 2.39. The number of rotatable bonds is 2. The third kappa shape index (κ3) is 1.93. The number of ketones is 1. The highest BCUT2D eigenvalue weighted by molar-refractivity contribution is 7.17. The number of carbonyl (C=O) groups excluding carboxylic acids is 1. The number of thiophene rings is 1. The summed E-state index contributed by atoms with van der Waals surface area (Å²) < 4.78 is 1.13. The Morgan fingerprint density at radius 3 is 2.94 bits per heavy atom. The summed E-state index contributed by atoms with van der Waals surface area (Å²) in [7, 11) is 0. The molecule has 0 unspecified atom stereocenters. The molecule has 1 aromatic carbocycles. The molecule has 1 aromatic heterocycles. The van der Waals surface area contributed by atoms with Crippen LogP contribution < -0.4 is 0 Å². The molecule has 0 radical (unpaired) electrons. The molecule has 86 valence electrons. The molecule has 0 fully saturated rings. The van der Waals surface area contributed by atoms with E-state index in [1.54, 1.807) is 11.3 Å². The molecule has 2 aromatic rings. The molecule has 2 heteroatoms. The minimum absolute atomic E-state index is 0.234. The maximum absolute atomic E-state index is 12.5. The van der Waals surface area contributed by atoms with Gasteiger partial charge in [0.05, 0.1) is 0 Å². The molecule has 1 aliphatic carbocycles. The lowest BCUT2D eigenvalue weighted by atomic mass is 9.93. The number of allylic oxidation sites excluding steroid dienone is 2. The minimum Gasteiger partial charge on any atom is -0.289 e. The molecule has 0 spiro atoms. The van der Waals surface area contributed by atoms with Gasteiger partial charge in [-0.05, 0) is 54.2 Å². The Kier molecular flexibility index (Phi) is 2.81. The van der Waals surface area contributed by atoms with E-state index in [0.29, 0.717) is 0 Å². The number of hydrogen-bond donors (Lipinski definition) is 0. The van der Waals surface area contributed by atoms with Crippen molar-refractivity contribution in [3.05, 3.63) is 46.9 Å². The van der Waals surface area contributed by atoms with Crippen LogP contribution in [0.25, 0.3) is 10.1 Å². The molecule has 1 nitrogen and oxygen atoms in total. The van der Waals surface area contributed by atoms with Crippen LogP contribution in [0.3, 0.4) is 0 Å².